The van der Waals surface area contributed by atoms with E-state index >= 15 is 0 Å². The summed E-state index contributed by atoms with van der Waals surface area (Å²) in [4.78, 5) is 0. The molecule has 4 rings (SSSR count). The quantitative estimate of drug-likeness (QED) is 0.662. The van der Waals surface area contributed by atoms with Crippen LogP contribution in [-0.2, 0) is 6.42 Å². The highest BCUT2D eigenvalue weighted by molar-refractivity contribution is 6.30. The van der Waals surface area contributed by atoms with Crippen molar-refractivity contribution >= 4 is 17.3 Å². The number of para-hydroxylation sites is 1. The Kier molecular flexibility index (Phi) is 4.33. The molecule has 0 fully saturated rings. The van der Waals surface area contributed by atoms with Crippen molar-refractivity contribution in [3.05, 3.63) is 83.1 Å². The first-order valence-corrected chi connectivity index (χ1v) is 8.61. The van der Waals surface area contributed by atoms with Crippen molar-refractivity contribution in [2.75, 3.05) is 11.9 Å². The first-order chi connectivity index (χ1) is 12.2. The van der Waals surface area contributed by atoms with Crippen molar-refractivity contribution < 1.29 is 9.13 Å². The molecule has 25 heavy (non-hydrogen) atoms. The summed E-state index contributed by atoms with van der Waals surface area (Å²) in [7, 11) is 0. The van der Waals surface area contributed by atoms with E-state index in [0.29, 0.717) is 18.0 Å². The van der Waals surface area contributed by atoms with Gasteiger partial charge >= 0.3 is 0 Å². The largest absolute Gasteiger partial charge is 0.487 e. The second-order valence-electron chi connectivity index (χ2n) is 6.14. The number of benzene rings is 3. The molecule has 0 aromatic heterocycles. The minimum absolute atomic E-state index is 0.0249. The molecule has 2 nitrogen and oxygen atoms in total. The molecule has 0 bridgehead atoms. The molecule has 0 radical (unpaired) electrons. The van der Waals surface area contributed by atoms with Crippen molar-refractivity contribution in [2.24, 2.45) is 0 Å². The second kappa shape index (κ2) is 6.77. The zero-order valence-corrected chi connectivity index (χ0v) is 14.3. The predicted octanol–water partition coefficient (Wildman–Crippen LogP) is 5.56. The molecule has 126 valence electrons. The Morgan fingerprint density at radius 3 is 2.56 bits per heavy atom. The third-order valence-electron chi connectivity index (χ3n) is 4.33. The molecule has 0 saturated carbocycles. The standard InChI is InChI=1S/C21H17ClFNO/c22-16-8-6-14(7-9-16)20-12-17(23)10-15-11-19(25-21(15)20)13-24-18-4-2-1-3-5-18/h1-10,12,19,24H,11,13H2. The lowest BCUT2D eigenvalue weighted by molar-refractivity contribution is 0.247. The van der Waals surface area contributed by atoms with Gasteiger partial charge in [-0.2, -0.15) is 0 Å². The van der Waals surface area contributed by atoms with Gasteiger partial charge in [-0.1, -0.05) is 41.9 Å². The van der Waals surface area contributed by atoms with Crippen molar-refractivity contribution in [3.8, 4) is 16.9 Å². The van der Waals surface area contributed by atoms with Crippen molar-refractivity contribution in [3.63, 3.8) is 0 Å². The van der Waals surface area contributed by atoms with Crippen LogP contribution in [0.5, 0.6) is 5.75 Å². The lowest BCUT2D eigenvalue weighted by Gasteiger charge is -2.14. The van der Waals surface area contributed by atoms with Crippen LogP contribution >= 0.6 is 11.6 Å². The summed E-state index contributed by atoms with van der Waals surface area (Å²) in [5, 5.41) is 4.02. The molecule has 3 aromatic carbocycles. The number of hydrogen-bond donors (Lipinski definition) is 1. The van der Waals surface area contributed by atoms with Gasteiger partial charge in [0.15, 0.2) is 0 Å². The Hall–Kier alpha value is -2.52. The van der Waals surface area contributed by atoms with Crippen LogP contribution in [0.25, 0.3) is 11.1 Å². The summed E-state index contributed by atoms with van der Waals surface area (Å²) < 4.78 is 20.2. The smallest absolute Gasteiger partial charge is 0.131 e. The normalized spacial score (nSPS) is 15.5. The third-order valence-corrected chi connectivity index (χ3v) is 4.58. The van der Waals surface area contributed by atoms with Gasteiger partial charge < -0.3 is 10.1 Å². The van der Waals surface area contributed by atoms with Crippen molar-refractivity contribution in [2.45, 2.75) is 12.5 Å². The van der Waals surface area contributed by atoms with Crippen LogP contribution in [0.15, 0.2) is 66.7 Å². The average molecular weight is 354 g/mol. The van der Waals surface area contributed by atoms with Crippen molar-refractivity contribution in [1.29, 1.82) is 0 Å². The maximum atomic E-state index is 14.1. The van der Waals surface area contributed by atoms with Gasteiger partial charge in [0, 0.05) is 28.3 Å². The predicted molar refractivity (Wildman–Crippen MR) is 99.9 cm³/mol. The monoisotopic (exact) mass is 353 g/mol. The van der Waals surface area contributed by atoms with E-state index in [-0.39, 0.29) is 11.9 Å². The highest BCUT2D eigenvalue weighted by Gasteiger charge is 2.26. The number of halogens is 2. The SMILES string of the molecule is Fc1cc2c(c(-c3ccc(Cl)cc3)c1)OC(CNc1ccccc1)C2. The van der Waals surface area contributed by atoms with E-state index in [1.165, 1.54) is 6.07 Å². The Labute approximate surface area is 151 Å². The lowest BCUT2D eigenvalue weighted by atomic mass is 10.0. The van der Waals surface area contributed by atoms with E-state index in [9.17, 15) is 4.39 Å². The van der Waals surface area contributed by atoms with Gasteiger partial charge in [0.2, 0.25) is 0 Å². The number of nitrogens with one attached hydrogen (secondary N) is 1. The highest BCUT2D eigenvalue weighted by Crippen LogP contribution is 2.40. The minimum Gasteiger partial charge on any atom is -0.487 e. The molecule has 0 amide bonds. The molecule has 0 spiro atoms. The van der Waals surface area contributed by atoms with Gasteiger partial charge in [-0.05, 0) is 42.0 Å². The fourth-order valence-corrected chi connectivity index (χ4v) is 3.27. The van der Waals surface area contributed by atoms with Crippen LogP contribution in [0.1, 0.15) is 5.56 Å². The summed E-state index contributed by atoms with van der Waals surface area (Å²) in [6.07, 6.45) is 0.663. The summed E-state index contributed by atoms with van der Waals surface area (Å²) in [6.45, 7) is 0.667. The van der Waals surface area contributed by atoms with Gasteiger partial charge in [0.1, 0.15) is 17.7 Å². The molecule has 1 N–H and O–H groups in total. The Morgan fingerprint density at radius 1 is 1.04 bits per heavy atom. The number of rotatable bonds is 4. The Morgan fingerprint density at radius 2 is 1.80 bits per heavy atom. The summed E-state index contributed by atoms with van der Waals surface area (Å²) in [6, 6.07) is 20.4. The first-order valence-electron chi connectivity index (χ1n) is 8.23. The second-order valence-corrected chi connectivity index (χ2v) is 6.58. The molecule has 1 unspecified atom stereocenters. The number of ether oxygens (including phenoxy) is 1. The molecule has 1 aliphatic rings. The van der Waals surface area contributed by atoms with Crippen LogP contribution in [-0.4, -0.2) is 12.6 Å². The van der Waals surface area contributed by atoms with Gasteiger partial charge in [-0.25, -0.2) is 4.39 Å². The zero-order chi connectivity index (χ0) is 17.2. The lowest BCUT2D eigenvalue weighted by Crippen LogP contribution is -2.23. The molecule has 1 heterocycles. The first kappa shape index (κ1) is 16.0. The number of hydrogen-bond acceptors (Lipinski definition) is 2. The Balaban J connectivity index is 1.56. The van der Waals surface area contributed by atoms with Crippen LogP contribution in [0, 0.1) is 5.82 Å². The van der Waals surface area contributed by atoms with E-state index in [4.69, 9.17) is 16.3 Å². The summed E-state index contributed by atoms with van der Waals surface area (Å²) in [5.41, 5.74) is 3.63. The van der Waals surface area contributed by atoms with E-state index in [0.717, 1.165) is 28.1 Å². The van der Waals surface area contributed by atoms with Crippen LogP contribution < -0.4 is 10.1 Å². The van der Waals surface area contributed by atoms with Gasteiger partial charge in [-0.3, -0.25) is 0 Å². The number of anilines is 1. The topological polar surface area (TPSA) is 21.3 Å². The van der Waals surface area contributed by atoms with Crippen molar-refractivity contribution in [1.82, 2.24) is 0 Å². The molecule has 0 saturated heterocycles. The van der Waals surface area contributed by atoms with Crippen LogP contribution in [0.4, 0.5) is 10.1 Å². The Bertz CT molecular complexity index is 880. The highest BCUT2D eigenvalue weighted by atomic mass is 35.5. The molecule has 1 atom stereocenters. The summed E-state index contributed by atoms with van der Waals surface area (Å²) in [5.74, 6) is 0.521. The average Bonchev–Trinajstić information content (AvgIpc) is 3.03. The van der Waals surface area contributed by atoms with E-state index < -0.39 is 0 Å². The van der Waals surface area contributed by atoms with Gasteiger partial charge in [0.25, 0.3) is 0 Å². The van der Waals surface area contributed by atoms with E-state index in [2.05, 4.69) is 5.32 Å². The molecule has 0 aliphatic carbocycles. The maximum absolute atomic E-state index is 14.1. The summed E-state index contributed by atoms with van der Waals surface area (Å²) >= 11 is 5.96. The van der Waals surface area contributed by atoms with Gasteiger partial charge in [0.05, 0.1) is 6.54 Å². The maximum Gasteiger partial charge on any atom is 0.131 e. The minimum atomic E-state index is -0.246. The number of fused-ring (bicyclic) bond motifs is 1. The fraction of sp³-hybridized carbons (Fsp3) is 0.143. The molecule has 1 aliphatic heterocycles. The van der Waals surface area contributed by atoms with E-state index in [1.54, 1.807) is 18.2 Å². The molecular formula is C21H17ClFNO. The fourth-order valence-electron chi connectivity index (χ4n) is 3.14. The van der Waals surface area contributed by atoms with Crippen LogP contribution in [0.3, 0.4) is 0 Å². The molecule has 3 aromatic rings. The molecular weight excluding hydrogens is 337 g/mol. The van der Waals surface area contributed by atoms with E-state index in [1.807, 2.05) is 42.5 Å². The van der Waals surface area contributed by atoms with Crippen LogP contribution in [0.2, 0.25) is 5.02 Å². The third kappa shape index (κ3) is 3.47. The zero-order valence-electron chi connectivity index (χ0n) is 13.5. The molecule has 4 heteroatoms. The van der Waals surface area contributed by atoms with Gasteiger partial charge in [-0.15, -0.1) is 0 Å².